The van der Waals surface area contributed by atoms with Gasteiger partial charge in [-0.1, -0.05) is 17.0 Å². The largest absolute Gasteiger partial charge is 0.451 e. The Morgan fingerprint density at radius 3 is 2.36 bits per heavy atom. The van der Waals surface area contributed by atoms with Gasteiger partial charge in [0, 0.05) is 0 Å². The van der Waals surface area contributed by atoms with Crippen molar-refractivity contribution in [2.75, 3.05) is 11.9 Å². The summed E-state index contributed by atoms with van der Waals surface area (Å²) in [6.07, 6.45) is -1.29. The molecule has 8 nitrogen and oxygen atoms in total. The molecule has 1 amide bonds. The summed E-state index contributed by atoms with van der Waals surface area (Å²) in [5.41, 5.74) is -0.0845. The van der Waals surface area contributed by atoms with Crippen LogP contribution >= 0.6 is 0 Å². The van der Waals surface area contributed by atoms with Crippen molar-refractivity contribution < 1.29 is 36.4 Å². The lowest BCUT2D eigenvalue weighted by atomic mass is 10.3. The van der Waals surface area contributed by atoms with E-state index in [9.17, 15) is 26.8 Å². The Kier molecular flexibility index (Phi) is 7.15. The standard InChI is InChI=1S/C17H16F2N2O6S/c1-11(17(23)20-15-5-3-2-4-14(15)19)27-16(22)10-26-21-28(24,25)13-8-6-12(18)7-9-13/h2-9,11,21H,10H2,1H3,(H,20,23)/t11-/m1/s1. The number of para-hydroxylation sites is 1. The Bertz CT molecular complexity index is 950. The SMILES string of the molecule is C[C@@H](OC(=O)CONS(=O)(=O)c1ccc(F)cc1)C(=O)Nc1ccccc1F. The van der Waals surface area contributed by atoms with Crippen LogP contribution in [0.15, 0.2) is 53.4 Å². The second-order valence-corrected chi connectivity index (χ2v) is 7.08. The number of halogens is 2. The van der Waals surface area contributed by atoms with Crippen molar-refractivity contribution in [2.45, 2.75) is 17.9 Å². The average Bonchev–Trinajstić information content (AvgIpc) is 2.63. The summed E-state index contributed by atoms with van der Waals surface area (Å²) in [7, 11) is -4.13. The second-order valence-electron chi connectivity index (χ2n) is 5.43. The van der Waals surface area contributed by atoms with Gasteiger partial charge in [-0.3, -0.25) is 9.63 Å². The summed E-state index contributed by atoms with van der Waals surface area (Å²) < 4.78 is 54.8. The highest BCUT2D eigenvalue weighted by molar-refractivity contribution is 7.89. The van der Waals surface area contributed by atoms with Crippen LogP contribution in [0.25, 0.3) is 0 Å². The predicted molar refractivity (Wildman–Crippen MR) is 93.3 cm³/mol. The van der Waals surface area contributed by atoms with E-state index in [1.807, 2.05) is 0 Å². The van der Waals surface area contributed by atoms with Gasteiger partial charge < -0.3 is 10.1 Å². The molecule has 0 aliphatic rings. The Balaban J connectivity index is 1.80. The van der Waals surface area contributed by atoms with Gasteiger partial charge in [0.05, 0.1) is 10.6 Å². The van der Waals surface area contributed by atoms with Crippen LogP contribution < -0.4 is 10.2 Å². The molecule has 0 spiro atoms. The molecular weight excluding hydrogens is 398 g/mol. The summed E-state index contributed by atoms with van der Waals surface area (Å²) in [6, 6.07) is 9.33. The van der Waals surface area contributed by atoms with Gasteiger partial charge in [-0.25, -0.2) is 22.0 Å². The van der Waals surface area contributed by atoms with Crippen LogP contribution in [0.3, 0.4) is 0 Å². The highest BCUT2D eigenvalue weighted by atomic mass is 32.2. The van der Waals surface area contributed by atoms with Crippen molar-refractivity contribution in [3.8, 4) is 0 Å². The predicted octanol–water partition coefficient (Wildman–Crippen LogP) is 1.75. The first kappa shape index (κ1) is 21.4. The molecule has 0 aliphatic carbocycles. The maximum Gasteiger partial charge on any atom is 0.335 e. The van der Waals surface area contributed by atoms with Crippen LogP contribution in [-0.2, 0) is 29.2 Å². The molecule has 0 heterocycles. The second kappa shape index (κ2) is 9.35. The van der Waals surface area contributed by atoms with E-state index in [-0.39, 0.29) is 10.6 Å². The van der Waals surface area contributed by atoms with E-state index in [1.165, 1.54) is 25.1 Å². The number of rotatable bonds is 8. The molecule has 2 N–H and O–H groups in total. The zero-order chi connectivity index (χ0) is 20.7. The normalized spacial score (nSPS) is 12.2. The highest BCUT2D eigenvalue weighted by Crippen LogP contribution is 2.13. The number of benzene rings is 2. The Morgan fingerprint density at radius 2 is 1.71 bits per heavy atom. The average molecular weight is 414 g/mol. The molecule has 2 rings (SSSR count). The maximum absolute atomic E-state index is 13.5. The fourth-order valence-electron chi connectivity index (χ4n) is 1.91. The third kappa shape index (κ3) is 6.08. The minimum Gasteiger partial charge on any atom is -0.451 e. The van der Waals surface area contributed by atoms with Crippen LogP contribution in [0.5, 0.6) is 0 Å². The molecule has 0 saturated carbocycles. The van der Waals surface area contributed by atoms with Gasteiger partial charge in [0.25, 0.3) is 15.9 Å². The van der Waals surface area contributed by atoms with E-state index in [1.54, 1.807) is 4.89 Å². The molecule has 0 aromatic heterocycles. The number of nitrogens with one attached hydrogen (secondary N) is 2. The summed E-state index contributed by atoms with van der Waals surface area (Å²) in [5, 5.41) is 2.25. The first-order valence-corrected chi connectivity index (χ1v) is 9.31. The fourth-order valence-corrected chi connectivity index (χ4v) is 2.71. The third-order valence-corrected chi connectivity index (χ3v) is 4.52. The molecule has 28 heavy (non-hydrogen) atoms. The monoisotopic (exact) mass is 414 g/mol. The van der Waals surface area contributed by atoms with Gasteiger partial charge in [-0.2, -0.15) is 0 Å². The Morgan fingerprint density at radius 1 is 1.07 bits per heavy atom. The van der Waals surface area contributed by atoms with E-state index in [0.29, 0.717) is 0 Å². The first-order chi connectivity index (χ1) is 13.2. The number of ether oxygens (including phenoxy) is 1. The van der Waals surface area contributed by atoms with E-state index < -0.39 is 46.2 Å². The number of carbonyl (C=O) groups excluding carboxylic acids is 2. The number of carbonyl (C=O) groups is 2. The molecule has 2 aromatic rings. The van der Waals surface area contributed by atoms with Crippen molar-refractivity contribution in [1.29, 1.82) is 0 Å². The van der Waals surface area contributed by atoms with Crippen molar-refractivity contribution in [2.24, 2.45) is 0 Å². The lowest BCUT2D eigenvalue weighted by Gasteiger charge is -2.14. The number of hydrogen-bond donors (Lipinski definition) is 2. The van der Waals surface area contributed by atoms with Crippen LogP contribution in [-0.4, -0.2) is 33.0 Å². The summed E-state index contributed by atoms with van der Waals surface area (Å²) in [4.78, 5) is 29.5. The molecule has 11 heteroatoms. The molecule has 1 atom stereocenters. The lowest BCUT2D eigenvalue weighted by Crippen LogP contribution is -2.33. The minimum atomic E-state index is -4.13. The van der Waals surface area contributed by atoms with Gasteiger partial charge in [0.2, 0.25) is 0 Å². The minimum absolute atomic E-state index is 0.0845. The van der Waals surface area contributed by atoms with E-state index in [2.05, 4.69) is 10.2 Å². The number of hydrogen-bond acceptors (Lipinski definition) is 6. The maximum atomic E-state index is 13.5. The molecule has 2 aromatic carbocycles. The van der Waals surface area contributed by atoms with E-state index in [0.717, 1.165) is 30.3 Å². The van der Waals surface area contributed by atoms with Crippen molar-refractivity contribution in [3.63, 3.8) is 0 Å². The topological polar surface area (TPSA) is 111 Å². The molecule has 0 radical (unpaired) electrons. The molecule has 0 saturated heterocycles. The molecule has 0 unspecified atom stereocenters. The summed E-state index contributed by atoms with van der Waals surface area (Å²) >= 11 is 0. The third-order valence-electron chi connectivity index (χ3n) is 3.29. The smallest absolute Gasteiger partial charge is 0.335 e. The van der Waals surface area contributed by atoms with Gasteiger partial charge in [0.1, 0.15) is 11.6 Å². The zero-order valence-corrected chi connectivity index (χ0v) is 15.3. The van der Waals surface area contributed by atoms with Crippen LogP contribution in [0.4, 0.5) is 14.5 Å². The van der Waals surface area contributed by atoms with E-state index in [4.69, 9.17) is 4.74 Å². The number of sulfonamides is 1. The van der Waals surface area contributed by atoms with Crippen molar-refractivity contribution >= 4 is 27.6 Å². The Labute approximate surface area is 159 Å². The van der Waals surface area contributed by atoms with Gasteiger partial charge >= 0.3 is 5.97 Å². The van der Waals surface area contributed by atoms with Crippen LogP contribution in [0, 0.1) is 11.6 Å². The molecule has 150 valence electrons. The Hall–Kier alpha value is -2.89. The van der Waals surface area contributed by atoms with Gasteiger partial charge in [0.15, 0.2) is 12.7 Å². The summed E-state index contributed by atoms with van der Waals surface area (Å²) in [5.74, 6) is -3.11. The summed E-state index contributed by atoms with van der Waals surface area (Å²) in [6.45, 7) is 0.411. The molecule has 0 aliphatic heterocycles. The first-order valence-electron chi connectivity index (χ1n) is 7.83. The lowest BCUT2D eigenvalue weighted by molar-refractivity contribution is -0.158. The quantitative estimate of drug-likeness (QED) is 0.503. The zero-order valence-electron chi connectivity index (χ0n) is 14.5. The van der Waals surface area contributed by atoms with Crippen molar-refractivity contribution in [1.82, 2.24) is 4.89 Å². The molecule has 0 bridgehead atoms. The molecule has 0 fully saturated rings. The number of anilines is 1. The van der Waals surface area contributed by atoms with Crippen molar-refractivity contribution in [3.05, 3.63) is 60.2 Å². The number of amides is 1. The van der Waals surface area contributed by atoms with Crippen LogP contribution in [0.2, 0.25) is 0 Å². The van der Waals surface area contributed by atoms with Crippen LogP contribution in [0.1, 0.15) is 6.92 Å². The van der Waals surface area contributed by atoms with Gasteiger partial charge in [-0.05, 0) is 43.3 Å². The number of esters is 1. The van der Waals surface area contributed by atoms with E-state index >= 15 is 0 Å². The molecular formula is C17H16F2N2O6S. The highest BCUT2D eigenvalue weighted by Gasteiger charge is 2.20. The fraction of sp³-hybridized carbons (Fsp3) is 0.176. The van der Waals surface area contributed by atoms with Gasteiger partial charge in [-0.15, -0.1) is 0 Å².